The molecule has 0 aliphatic heterocycles. The number of esters is 1. The summed E-state index contributed by atoms with van der Waals surface area (Å²) in [5, 5.41) is 13.1. The number of halogens is 1. The quantitative estimate of drug-likeness (QED) is 0.389. The van der Waals surface area contributed by atoms with Crippen molar-refractivity contribution in [2.45, 2.75) is 6.92 Å². The van der Waals surface area contributed by atoms with Crippen LogP contribution in [0.5, 0.6) is 0 Å². The molecule has 0 aromatic heterocycles. The highest BCUT2D eigenvalue weighted by molar-refractivity contribution is 6.33. The number of nitro benzene ring substituents is 1. The van der Waals surface area contributed by atoms with Crippen LogP contribution in [-0.4, -0.2) is 23.4 Å². The van der Waals surface area contributed by atoms with Crippen LogP contribution in [-0.2, 0) is 14.3 Å². The molecule has 0 spiro atoms. The van der Waals surface area contributed by atoms with Crippen molar-refractivity contribution in [3.05, 3.63) is 45.5 Å². The van der Waals surface area contributed by atoms with Crippen molar-refractivity contribution in [1.29, 1.82) is 0 Å². The minimum Gasteiger partial charge on any atom is -0.452 e. The third-order valence-electron chi connectivity index (χ3n) is 2.08. The van der Waals surface area contributed by atoms with Crippen LogP contribution >= 0.6 is 11.6 Å². The van der Waals surface area contributed by atoms with Gasteiger partial charge in [-0.2, -0.15) is 0 Å². The molecule has 106 valence electrons. The molecular weight excluding hydrogens is 288 g/mol. The highest BCUT2D eigenvalue weighted by Crippen LogP contribution is 2.26. The molecule has 0 fully saturated rings. The Labute approximate surface area is 119 Å². The first-order chi connectivity index (χ1) is 9.43. The Morgan fingerprint density at radius 1 is 1.50 bits per heavy atom. The van der Waals surface area contributed by atoms with Gasteiger partial charge in [-0.3, -0.25) is 14.9 Å². The molecule has 0 aliphatic rings. The second-order valence-electron chi connectivity index (χ2n) is 3.58. The highest BCUT2D eigenvalue weighted by atomic mass is 35.5. The van der Waals surface area contributed by atoms with E-state index in [1.807, 2.05) is 0 Å². The van der Waals surface area contributed by atoms with Crippen LogP contribution in [0.3, 0.4) is 0 Å². The average molecular weight is 299 g/mol. The zero-order valence-corrected chi connectivity index (χ0v) is 11.2. The van der Waals surface area contributed by atoms with Crippen molar-refractivity contribution >= 4 is 34.9 Å². The molecule has 0 radical (unpaired) electrons. The minimum absolute atomic E-state index is 0.0768. The summed E-state index contributed by atoms with van der Waals surface area (Å²) in [5.41, 5.74) is -0.136. The maximum atomic E-state index is 11.5. The minimum atomic E-state index is -0.659. The lowest BCUT2D eigenvalue weighted by atomic mass is 10.3. The summed E-state index contributed by atoms with van der Waals surface area (Å²) < 4.78 is 4.62. The SMILES string of the molecule is C/C=C/C(=O)OCC(=O)Nc1cc([N+](=O)[O-])ccc1Cl. The number of carbonyl (C=O) groups is 2. The first-order valence-electron chi connectivity index (χ1n) is 5.47. The molecule has 1 rings (SSSR count). The van der Waals surface area contributed by atoms with Gasteiger partial charge in [0.2, 0.25) is 0 Å². The number of anilines is 1. The van der Waals surface area contributed by atoms with E-state index in [1.54, 1.807) is 6.92 Å². The molecule has 0 unspecified atom stereocenters. The van der Waals surface area contributed by atoms with Crippen LogP contribution in [0.2, 0.25) is 5.02 Å². The fraction of sp³-hybridized carbons (Fsp3) is 0.167. The van der Waals surface area contributed by atoms with Gasteiger partial charge in [-0.05, 0) is 13.0 Å². The van der Waals surface area contributed by atoms with Gasteiger partial charge in [0, 0.05) is 18.2 Å². The zero-order valence-electron chi connectivity index (χ0n) is 10.5. The third kappa shape index (κ3) is 4.69. The van der Waals surface area contributed by atoms with Gasteiger partial charge in [0.15, 0.2) is 6.61 Å². The molecule has 20 heavy (non-hydrogen) atoms. The van der Waals surface area contributed by atoms with E-state index in [9.17, 15) is 19.7 Å². The average Bonchev–Trinajstić information content (AvgIpc) is 2.39. The van der Waals surface area contributed by atoms with Crippen LogP contribution in [0.1, 0.15) is 6.92 Å². The predicted octanol–water partition coefficient (Wildman–Crippen LogP) is 2.31. The van der Waals surface area contributed by atoms with Crippen molar-refractivity contribution in [3.63, 3.8) is 0 Å². The van der Waals surface area contributed by atoms with E-state index in [2.05, 4.69) is 10.1 Å². The molecular formula is C12H11ClN2O5. The van der Waals surface area contributed by atoms with Gasteiger partial charge in [-0.15, -0.1) is 0 Å². The molecule has 1 aromatic carbocycles. The summed E-state index contributed by atoms with van der Waals surface area (Å²) >= 11 is 5.80. The topological polar surface area (TPSA) is 98.5 Å². The van der Waals surface area contributed by atoms with Crippen molar-refractivity contribution in [2.75, 3.05) is 11.9 Å². The molecule has 0 atom stereocenters. The van der Waals surface area contributed by atoms with Crippen molar-refractivity contribution in [2.24, 2.45) is 0 Å². The summed E-state index contributed by atoms with van der Waals surface area (Å²) in [6, 6.07) is 3.62. The number of nitro groups is 1. The normalized spacial score (nSPS) is 10.3. The maximum absolute atomic E-state index is 11.5. The summed E-state index contributed by atoms with van der Waals surface area (Å²) in [7, 11) is 0. The van der Waals surface area contributed by atoms with Gasteiger partial charge in [0.05, 0.1) is 15.6 Å². The number of nitrogens with one attached hydrogen (secondary N) is 1. The smallest absolute Gasteiger partial charge is 0.330 e. The molecule has 0 saturated heterocycles. The summed E-state index contributed by atoms with van der Waals surface area (Å²) in [4.78, 5) is 32.5. The number of rotatable bonds is 5. The fourth-order valence-electron chi connectivity index (χ4n) is 1.23. The Balaban J connectivity index is 2.68. The zero-order chi connectivity index (χ0) is 15.1. The largest absolute Gasteiger partial charge is 0.452 e. The van der Waals surface area contributed by atoms with Gasteiger partial charge < -0.3 is 10.1 Å². The second-order valence-corrected chi connectivity index (χ2v) is 3.98. The molecule has 1 amide bonds. The Bertz CT molecular complexity index is 571. The van der Waals surface area contributed by atoms with Gasteiger partial charge in [-0.25, -0.2) is 4.79 Å². The molecule has 7 nitrogen and oxygen atoms in total. The Morgan fingerprint density at radius 2 is 2.20 bits per heavy atom. The summed E-state index contributed by atoms with van der Waals surface area (Å²) in [5.74, 6) is -1.31. The lowest BCUT2D eigenvalue weighted by Crippen LogP contribution is -2.20. The number of hydrogen-bond donors (Lipinski definition) is 1. The van der Waals surface area contributed by atoms with Crippen LogP contribution in [0.15, 0.2) is 30.4 Å². The van der Waals surface area contributed by atoms with Crippen molar-refractivity contribution < 1.29 is 19.2 Å². The molecule has 0 heterocycles. The van der Waals surface area contributed by atoms with E-state index in [-0.39, 0.29) is 16.4 Å². The first kappa shape index (κ1) is 15.6. The monoisotopic (exact) mass is 298 g/mol. The first-order valence-corrected chi connectivity index (χ1v) is 5.85. The van der Waals surface area contributed by atoms with Gasteiger partial charge in [0.1, 0.15) is 0 Å². The van der Waals surface area contributed by atoms with Gasteiger partial charge >= 0.3 is 5.97 Å². The van der Waals surface area contributed by atoms with Crippen molar-refractivity contribution in [1.82, 2.24) is 0 Å². The molecule has 1 N–H and O–H groups in total. The standard InChI is InChI=1S/C12H11ClN2O5/c1-2-3-12(17)20-7-11(16)14-10-6-8(15(18)19)4-5-9(10)13/h2-6H,7H2,1H3,(H,14,16)/b3-2+. The number of non-ortho nitro benzene ring substituents is 1. The molecule has 0 bridgehead atoms. The number of carbonyl (C=O) groups excluding carboxylic acids is 2. The number of hydrogen-bond acceptors (Lipinski definition) is 5. The van der Waals surface area contributed by atoms with E-state index in [1.165, 1.54) is 18.2 Å². The fourth-order valence-corrected chi connectivity index (χ4v) is 1.39. The molecule has 0 aliphatic carbocycles. The van der Waals surface area contributed by atoms with Crippen molar-refractivity contribution in [3.8, 4) is 0 Å². The van der Waals surface area contributed by atoms with E-state index < -0.39 is 23.4 Å². The number of amides is 1. The number of benzene rings is 1. The lowest BCUT2D eigenvalue weighted by molar-refractivity contribution is -0.384. The second kappa shape index (κ2) is 7.25. The number of nitrogens with zero attached hydrogens (tertiary/aromatic N) is 1. The van der Waals surface area contributed by atoms with Crippen LogP contribution in [0.25, 0.3) is 0 Å². The van der Waals surface area contributed by atoms with Crippen LogP contribution < -0.4 is 5.32 Å². The van der Waals surface area contributed by atoms with Gasteiger partial charge in [-0.1, -0.05) is 17.7 Å². The Kier molecular flexibility index (Phi) is 5.67. The third-order valence-corrected chi connectivity index (χ3v) is 2.41. The van der Waals surface area contributed by atoms with E-state index >= 15 is 0 Å². The Hall–Kier alpha value is -2.41. The highest BCUT2D eigenvalue weighted by Gasteiger charge is 2.12. The molecule has 1 aromatic rings. The number of allylic oxidation sites excluding steroid dienone is 1. The van der Waals surface area contributed by atoms with E-state index in [4.69, 9.17) is 11.6 Å². The lowest BCUT2D eigenvalue weighted by Gasteiger charge is -2.07. The van der Waals surface area contributed by atoms with Crippen LogP contribution in [0.4, 0.5) is 11.4 Å². The summed E-state index contributed by atoms with van der Waals surface area (Å²) in [6.07, 6.45) is 2.63. The predicted molar refractivity (Wildman–Crippen MR) is 72.5 cm³/mol. The van der Waals surface area contributed by atoms with Crippen LogP contribution in [0, 0.1) is 10.1 Å². The maximum Gasteiger partial charge on any atom is 0.330 e. The molecule has 0 saturated carbocycles. The summed E-state index contributed by atoms with van der Waals surface area (Å²) in [6.45, 7) is 1.12. The number of ether oxygens (including phenoxy) is 1. The van der Waals surface area contributed by atoms with Gasteiger partial charge in [0.25, 0.3) is 11.6 Å². The molecule has 8 heteroatoms. The van der Waals surface area contributed by atoms with E-state index in [0.717, 1.165) is 12.1 Å². The van der Waals surface area contributed by atoms with E-state index in [0.29, 0.717) is 0 Å². The Morgan fingerprint density at radius 3 is 2.80 bits per heavy atom.